The highest BCUT2D eigenvalue weighted by molar-refractivity contribution is 5.99. The summed E-state index contributed by atoms with van der Waals surface area (Å²) in [5, 5.41) is 19.2. The first-order chi connectivity index (χ1) is 8.66. The molecule has 3 heteroatoms. The molecule has 0 fully saturated rings. The van der Waals surface area contributed by atoms with Gasteiger partial charge in [0.1, 0.15) is 11.9 Å². The summed E-state index contributed by atoms with van der Waals surface area (Å²) < 4.78 is 0. The number of aromatic hydroxyl groups is 1. The molecule has 0 aliphatic rings. The molecule has 2 N–H and O–H groups in total. The number of carbonyl (C=O) groups excluding carboxylic acids is 1. The molecule has 18 heavy (non-hydrogen) atoms. The van der Waals surface area contributed by atoms with Gasteiger partial charge in [-0.15, -0.1) is 0 Å². The van der Waals surface area contributed by atoms with Gasteiger partial charge in [0, 0.05) is 12.0 Å². The Bertz CT molecular complexity index is 534. The number of phenolic OH excluding ortho intramolecular Hbond substituents is 1. The summed E-state index contributed by atoms with van der Waals surface area (Å²) >= 11 is 0. The summed E-state index contributed by atoms with van der Waals surface area (Å²) in [4.78, 5) is 11.9. The zero-order valence-electron chi connectivity index (χ0n) is 9.78. The van der Waals surface area contributed by atoms with Gasteiger partial charge >= 0.3 is 0 Å². The SMILES string of the molecule is O=C(c1cccc(O)c1)C(O)Cc1ccccc1. The fraction of sp³-hybridized carbons (Fsp3) is 0.133. The zero-order valence-corrected chi connectivity index (χ0v) is 9.78. The predicted octanol–water partition coefficient (Wildman–Crippen LogP) is 2.18. The molecule has 2 aromatic rings. The zero-order chi connectivity index (χ0) is 13.0. The molecular formula is C15H14O3. The van der Waals surface area contributed by atoms with Crippen LogP contribution in [0.15, 0.2) is 54.6 Å². The molecule has 0 radical (unpaired) electrons. The topological polar surface area (TPSA) is 57.5 Å². The van der Waals surface area contributed by atoms with E-state index in [1.54, 1.807) is 12.1 Å². The molecule has 92 valence electrons. The van der Waals surface area contributed by atoms with E-state index in [9.17, 15) is 15.0 Å². The lowest BCUT2D eigenvalue weighted by molar-refractivity contribution is 0.0747. The van der Waals surface area contributed by atoms with Gasteiger partial charge in [-0.2, -0.15) is 0 Å². The molecule has 0 spiro atoms. The Balaban J connectivity index is 2.10. The molecule has 2 rings (SSSR count). The van der Waals surface area contributed by atoms with Gasteiger partial charge in [-0.25, -0.2) is 0 Å². The van der Waals surface area contributed by atoms with E-state index < -0.39 is 6.10 Å². The van der Waals surface area contributed by atoms with Crippen LogP contribution in [0.25, 0.3) is 0 Å². The smallest absolute Gasteiger partial charge is 0.191 e. The maximum absolute atomic E-state index is 11.9. The predicted molar refractivity (Wildman–Crippen MR) is 68.6 cm³/mol. The molecule has 3 nitrogen and oxygen atoms in total. The summed E-state index contributed by atoms with van der Waals surface area (Å²) in [6, 6.07) is 15.3. The van der Waals surface area contributed by atoms with E-state index in [2.05, 4.69) is 0 Å². The van der Waals surface area contributed by atoms with Gasteiger partial charge < -0.3 is 10.2 Å². The Hall–Kier alpha value is -2.13. The van der Waals surface area contributed by atoms with Crippen LogP contribution < -0.4 is 0 Å². The maximum atomic E-state index is 11.9. The molecule has 2 aromatic carbocycles. The number of aliphatic hydroxyl groups is 1. The van der Waals surface area contributed by atoms with Crippen LogP contribution in [0.3, 0.4) is 0 Å². The number of aliphatic hydroxyl groups excluding tert-OH is 1. The number of ketones is 1. The van der Waals surface area contributed by atoms with Crippen molar-refractivity contribution >= 4 is 5.78 Å². The second-order valence-electron chi connectivity index (χ2n) is 4.12. The van der Waals surface area contributed by atoms with E-state index >= 15 is 0 Å². The van der Waals surface area contributed by atoms with Gasteiger partial charge in [-0.1, -0.05) is 42.5 Å². The van der Waals surface area contributed by atoms with Gasteiger partial charge in [0.15, 0.2) is 5.78 Å². The Labute approximate surface area is 105 Å². The van der Waals surface area contributed by atoms with Gasteiger partial charge in [-0.3, -0.25) is 4.79 Å². The number of Topliss-reactive ketones (excluding diaryl/α,β-unsaturated/α-hetero) is 1. The van der Waals surface area contributed by atoms with Crippen LogP contribution in [0, 0.1) is 0 Å². The van der Waals surface area contributed by atoms with Gasteiger partial charge in [0.05, 0.1) is 0 Å². The summed E-state index contributed by atoms with van der Waals surface area (Å²) in [7, 11) is 0. The van der Waals surface area contributed by atoms with Crippen molar-refractivity contribution in [1.29, 1.82) is 0 Å². The fourth-order valence-electron chi connectivity index (χ4n) is 1.78. The van der Waals surface area contributed by atoms with E-state index in [0.717, 1.165) is 5.56 Å². The average Bonchev–Trinajstić information content (AvgIpc) is 2.39. The lowest BCUT2D eigenvalue weighted by Crippen LogP contribution is -2.22. The third kappa shape index (κ3) is 2.96. The molecule has 0 heterocycles. The molecule has 0 amide bonds. The normalized spacial score (nSPS) is 12.1. The number of hydrogen-bond donors (Lipinski definition) is 2. The standard InChI is InChI=1S/C15H14O3/c16-13-8-4-7-12(10-13)15(18)14(17)9-11-5-2-1-3-6-11/h1-8,10,14,16-17H,9H2. The van der Waals surface area contributed by atoms with Gasteiger partial charge in [0.25, 0.3) is 0 Å². The van der Waals surface area contributed by atoms with E-state index in [-0.39, 0.29) is 18.0 Å². The van der Waals surface area contributed by atoms with Crippen LogP contribution in [0.2, 0.25) is 0 Å². The van der Waals surface area contributed by atoms with Crippen molar-refractivity contribution in [2.45, 2.75) is 12.5 Å². The monoisotopic (exact) mass is 242 g/mol. The molecule has 0 saturated heterocycles. The van der Waals surface area contributed by atoms with Gasteiger partial charge in [-0.05, 0) is 17.7 Å². The van der Waals surface area contributed by atoms with Crippen LogP contribution in [0.1, 0.15) is 15.9 Å². The van der Waals surface area contributed by atoms with Crippen LogP contribution in [-0.2, 0) is 6.42 Å². The van der Waals surface area contributed by atoms with Crippen molar-refractivity contribution in [3.63, 3.8) is 0 Å². The Kier molecular flexibility index (Phi) is 3.75. The summed E-state index contributed by atoms with van der Waals surface area (Å²) in [5.74, 6) is -0.359. The van der Waals surface area contributed by atoms with Crippen molar-refractivity contribution in [3.8, 4) is 5.75 Å². The maximum Gasteiger partial charge on any atom is 0.191 e. The van der Waals surface area contributed by atoms with E-state index in [0.29, 0.717) is 5.56 Å². The quantitative estimate of drug-likeness (QED) is 0.808. The molecule has 0 bridgehead atoms. The number of carbonyl (C=O) groups is 1. The van der Waals surface area contributed by atoms with E-state index in [4.69, 9.17) is 0 Å². The first kappa shape index (κ1) is 12.3. The molecule has 0 aliphatic carbocycles. The second kappa shape index (κ2) is 5.47. The second-order valence-corrected chi connectivity index (χ2v) is 4.12. The van der Waals surface area contributed by atoms with Crippen molar-refractivity contribution in [2.75, 3.05) is 0 Å². The highest BCUT2D eigenvalue weighted by Crippen LogP contribution is 2.14. The summed E-state index contributed by atoms with van der Waals surface area (Å²) in [5.41, 5.74) is 1.22. The average molecular weight is 242 g/mol. The van der Waals surface area contributed by atoms with Crippen molar-refractivity contribution < 1.29 is 15.0 Å². The molecule has 0 aliphatic heterocycles. The van der Waals surface area contributed by atoms with E-state index in [1.165, 1.54) is 12.1 Å². The molecule has 0 saturated carbocycles. The van der Waals surface area contributed by atoms with Crippen molar-refractivity contribution in [1.82, 2.24) is 0 Å². The number of phenols is 1. The first-order valence-corrected chi connectivity index (χ1v) is 5.72. The fourth-order valence-corrected chi connectivity index (χ4v) is 1.78. The van der Waals surface area contributed by atoms with Crippen LogP contribution in [0.4, 0.5) is 0 Å². The molecule has 1 unspecified atom stereocenters. The minimum Gasteiger partial charge on any atom is -0.508 e. The lowest BCUT2D eigenvalue weighted by atomic mass is 10.00. The van der Waals surface area contributed by atoms with Crippen LogP contribution in [0.5, 0.6) is 5.75 Å². The first-order valence-electron chi connectivity index (χ1n) is 5.72. The Morgan fingerprint density at radius 3 is 2.44 bits per heavy atom. The highest BCUT2D eigenvalue weighted by Gasteiger charge is 2.17. The third-order valence-corrected chi connectivity index (χ3v) is 2.71. The summed E-state index contributed by atoms with van der Waals surface area (Å²) in [6.45, 7) is 0. The molecular weight excluding hydrogens is 228 g/mol. The minimum absolute atomic E-state index is 0.0211. The van der Waals surface area contributed by atoms with E-state index in [1.807, 2.05) is 30.3 Å². The molecule has 0 aromatic heterocycles. The molecule has 1 atom stereocenters. The third-order valence-electron chi connectivity index (χ3n) is 2.71. The largest absolute Gasteiger partial charge is 0.508 e. The number of rotatable bonds is 4. The Morgan fingerprint density at radius 1 is 1.06 bits per heavy atom. The number of benzene rings is 2. The van der Waals surface area contributed by atoms with Crippen LogP contribution in [-0.4, -0.2) is 22.1 Å². The number of hydrogen-bond acceptors (Lipinski definition) is 3. The van der Waals surface area contributed by atoms with Crippen molar-refractivity contribution in [3.05, 3.63) is 65.7 Å². The minimum atomic E-state index is -1.09. The highest BCUT2D eigenvalue weighted by atomic mass is 16.3. The Morgan fingerprint density at radius 2 is 1.78 bits per heavy atom. The van der Waals surface area contributed by atoms with Gasteiger partial charge in [0.2, 0.25) is 0 Å². The van der Waals surface area contributed by atoms with Crippen LogP contribution >= 0.6 is 0 Å². The summed E-state index contributed by atoms with van der Waals surface area (Å²) in [6.07, 6.45) is -0.816. The lowest BCUT2D eigenvalue weighted by Gasteiger charge is -2.09. The van der Waals surface area contributed by atoms with Crippen molar-refractivity contribution in [2.24, 2.45) is 0 Å².